The average molecular weight is 215 g/mol. The number of fused-ring (bicyclic) bond motifs is 1. The Balaban J connectivity index is 2.23. The zero-order chi connectivity index (χ0) is 11.3. The third-order valence-corrected chi connectivity index (χ3v) is 3.19. The van der Waals surface area contributed by atoms with E-state index in [4.69, 9.17) is 5.11 Å². The summed E-state index contributed by atoms with van der Waals surface area (Å²) in [5.41, 5.74) is 2.74. The fourth-order valence-corrected chi connectivity index (χ4v) is 2.32. The molecular formula is C13H13NO2. The van der Waals surface area contributed by atoms with Crippen LogP contribution in [0.4, 0.5) is 0 Å². The number of rotatable bonds is 2. The van der Waals surface area contributed by atoms with Crippen molar-refractivity contribution in [2.45, 2.75) is 25.8 Å². The molecule has 0 amide bonds. The molecule has 0 unspecified atom stereocenters. The van der Waals surface area contributed by atoms with Crippen LogP contribution in [0.3, 0.4) is 0 Å². The fourth-order valence-electron chi connectivity index (χ4n) is 2.32. The summed E-state index contributed by atoms with van der Waals surface area (Å²) in [4.78, 5) is 10.9. The number of benzene rings is 1. The van der Waals surface area contributed by atoms with Crippen LogP contribution in [0.15, 0.2) is 24.3 Å². The predicted octanol–water partition coefficient (Wildman–Crippen LogP) is 2.98. The molecule has 0 spiro atoms. The quantitative estimate of drug-likeness (QED) is 0.836. The van der Waals surface area contributed by atoms with Gasteiger partial charge in [0.15, 0.2) is 0 Å². The lowest BCUT2D eigenvalue weighted by Crippen LogP contribution is -1.97. The standard InChI is InChI=1S/C13H13NO2/c1-8-6-10-7-9(13(15)16)2-5-12(10)14(8)11-3-4-11/h2,5-7,11H,3-4H2,1H3,(H,15,16). The number of carboxylic acids is 1. The summed E-state index contributed by atoms with van der Waals surface area (Å²) in [5, 5.41) is 9.97. The molecule has 1 fully saturated rings. The average Bonchev–Trinajstić information content (AvgIpc) is 3.00. The molecule has 3 heteroatoms. The summed E-state index contributed by atoms with van der Waals surface area (Å²) < 4.78 is 2.32. The third-order valence-electron chi connectivity index (χ3n) is 3.19. The highest BCUT2D eigenvalue weighted by molar-refractivity contribution is 5.94. The first-order chi connectivity index (χ1) is 7.66. The number of carbonyl (C=O) groups is 1. The summed E-state index contributed by atoms with van der Waals surface area (Å²) in [5.74, 6) is -0.862. The largest absolute Gasteiger partial charge is 0.478 e. The van der Waals surface area contributed by atoms with Crippen LogP contribution in [0.2, 0.25) is 0 Å². The summed E-state index contributed by atoms with van der Waals surface area (Å²) in [7, 11) is 0. The minimum absolute atomic E-state index is 0.362. The van der Waals surface area contributed by atoms with Gasteiger partial charge in [-0.2, -0.15) is 0 Å². The van der Waals surface area contributed by atoms with E-state index in [0.29, 0.717) is 11.6 Å². The zero-order valence-electron chi connectivity index (χ0n) is 9.10. The maximum absolute atomic E-state index is 10.9. The third kappa shape index (κ3) is 1.32. The van der Waals surface area contributed by atoms with Crippen LogP contribution in [-0.4, -0.2) is 15.6 Å². The Bertz CT molecular complexity index is 579. The molecule has 82 valence electrons. The maximum Gasteiger partial charge on any atom is 0.335 e. The molecule has 1 saturated carbocycles. The van der Waals surface area contributed by atoms with Gasteiger partial charge in [0.05, 0.1) is 5.56 Å². The molecule has 0 radical (unpaired) electrons. The van der Waals surface area contributed by atoms with Crippen molar-refractivity contribution in [3.63, 3.8) is 0 Å². The van der Waals surface area contributed by atoms with Gasteiger partial charge < -0.3 is 9.67 Å². The molecule has 1 aromatic carbocycles. The molecule has 1 aliphatic rings. The molecule has 16 heavy (non-hydrogen) atoms. The molecule has 3 rings (SSSR count). The summed E-state index contributed by atoms with van der Waals surface area (Å²) in [6, 6.07) is 8.06. The molecular weight excluding hydrogens is 202 g/mol. The van der Waals surface area contributed by atoms with Gasteiger partial charge >= 0.3 is 5.97 Å². The van der Waals surface area contributed by atoms with E-state index in [2.05, 4.69) is 17.6 Å². The molecule has 2 aromatic rings. The summed E-state index contributed by atoms with van der Waals surface area (Å²) in [6.07, 6.45) is 2.48. The molecule has 1 aromatic heterocycles. The van der Waals surface area contributed by atoms with Crippen LogP contribution in [0.25, 0.3) is 10.9 Å². The first-order valence-corrected chi connectivity index (χ1v) is 5.52. The molecule has 0 atom stereocenters. The van der Waals surface area contributed by atoms with Gasteiger partial charge in [-0.15, -0.1) is 0 Å². The van der Waals surface area contributed by atoms with E-state index < -0.39 is 5.97 Å². The number of hydrogen-bond acceptors (Lipinski definition) is 1. The van der Waals surface area contributed by atoms with Crippen molar-refractivity contribution in [2.75, 3.05) is 0 Å². The fraction of sp³-hybridized carbons (Fsp3) is 0.308. The lowest BCUT2D eigenvalue weighted by Gasteiger charge is -2.05. The number of aromatic nitrogens is 1. The van der Waals surface area contributed by atoms with Crippen molar-refractivity contribution in [3.8, 4) is 0 Å². The van der Waals surface area contributed by atoms with Crippen LogP contribution < -0.4 is 0 Å². The zero-order valence-corrected chi connectivity index (χ0v) is 9.10. The van der Waals surface area contributed by atoms with E-state index in [-0.39, 0.29) is 0 Å². The highest BCUT2D eigenvalue weighted by Crippen LogP contribution is 2.39. The van der Waals surface area contributed by atoms with E-state index in [1.165, 1.54) is 18.5 Å². The lowest BCUT2D eigenvalue weighted by molar-refractivity contribution is 0.0697. The van der Waals surface area contributed by atoms with Gasteiger partial charge in [0.1, 0.15) is 0 Å². The number of hydrogen-bond donors (Lipinski definition) is 1. The van der Waals surface area contributed by atoms with Crippen LogP contribution in [0.1, 0.15) is 34.9 Å². The Hall–Kier alpha value is -1.77. The van der Waals surface area contributed by atoms with E-state index in [1.807, 2.05) is 6.07 Å². The van der Waals surface area contributed by atoms with Crippen molar-refractivity contribution >= 4 is 16.9 Å². The Kier molecular flexibility index (Phi) is 1.84. The molecule has 1 N–H and O–H groups in total. The highest BCUT2D eigenvalue weighted by Gasteiger charge is 2.26. The molecule has 0 saturated heterocycles. The Morgan fingerprint density at radius 1 is 1.38 bits per heavy atom. The summed E-state index contributed by atoms with van der Waals surface area (Å²) in [6.45, 7) is 2.08. The normalized spacial score (nSPS) is 15.6. The van der Waals surface area contributed by atoms with E-state index in [9.17, 15) is 4.79 Å². The van der Waals surface area contributed by atoms with Gasteiger partial charge in [-0.1, -0.05) is 0 Å². The van der Waals surface area contributed by atoms with Crippen LogP contribution in [-0.2, 0) is 0 Å². The van der Waals surface area contributed by atoms with E-state index in [0.717, 1.165) is 10.9 Å². The minimum atomic E-state index is -0.862. The van der Waals surface area contributed by atoms with Crippen LogP contribution in [0.5, 0.6) is 0 Å². The molecule has 3 nitrogen and oxygen atoms in total. The molecule has 1 heterocycles. The van der Waals surface area contributed by atoms with Gasteiger partial charge in [-0.05, 0) is 44.0 Å². The maximum atomic E-state index is 10.9. The van der Waals surface area contributed by atoms with Crippen molar-refractivity contribution in [2.24, 2.45) is 0 Å². The van der Waals surface area contributed by atoms with Crippen molar-refractivity contribution in [1.29, 1.82) is 0 Å². The van der Waals surface area contributed by atoms with Gasteiger partial charge in [0.25, 0.3) is 0 Å². The van der Waals surface area contributed by atoms with E-state index >= 15 is 0 Å². The number of nitrogens with zero attached hydrogens (tertiary/aromatic N) is 1. The minimum Gasteiger partial charge on any atom is -0.478 e. The second kappa shape index (κ2) is 3.11. The summed E-state index contributed by atoms with van der Waals surface area (Å²) >= 11 is 0. The molecule has 1 aliphatic carbocycles. The van der Waals surface area contributed by atoms with Gasteiger partial charge in [-0.25, -0.2) is 4.79 Å². The van der Waals surface area contributed by atoms with Crippen molar-refractivity contribution < 1.29 is 9.90 Å². The molecule has 0 aliphatic heterocycles. The number of carboxylic acid groups (broad SMARTS) is 1. The van der Waals surface area contributed by atoms with Crippen LogP contribution >= 0.6 is 0 Å². The van der Waals surface area contributed by atoms with Gasteiger partial charge in [0, 0.05) is 22.6 Å². The van der Waals surface area contributed by atoms with Crippen LogP contribution in [0, 0.1) is 6.92 Å². The number of aryl methyl sites for hydroxylation is 1. The van der Waals surface area contributed by atoms with E-state index in [1.54, 1.807) is 12.1 Å². The SMILES string of the molecule is Cc1cc2cc(C(=O)O)ccc2n1C1CC1. The van der Waals surface area contributed by atoms with Gasteiger partial charge in [0.2, 0.25) is 0 Å². The Morgan fingerprint density at radius 2 is 2.12 bits per heavy atom. The Morgan fingerprint density at radius 3 is 2.75 bits per heavy atom. The second-order valence-corrected chi connectivity index (χ2v) is 4.47. The molecule has 0 bridgehead atoms. The first kappa shape index (κ1) is 9.46. The second-order valence-electron chi connectivity index (χ2n) is 4.47. The lowest BCUT2D eigenvalue weighted by atomic mass is 10.1. The van der Waals surface area contributed by atoms with Crippen molar-refractivity contribution in [1.82, 2.24) is 4.57 Å². The first-order valence-electron chi connectivity index (χ1n) is 5.52. The smallest absolute Gasteiger partial charge is 0.335 e. The van der Waals surface area contributed by atoms with Crippen molar-refractivity contribution in [3.05, 3.63) is 35.5 Å². The Labute approximate surface area is 93.3 Å². The monoisotopic (exact) mass is 215 g/mol. The predicted molar refractivity (Wildman–Crippen MR) is 61.9 cm³/mol. The topological polar surface area (TPSA) is 42.2 Å². The number of aromatic carboxylic acids is 1. The van der Waals surface area contributed by atoms with Gasteiger partial charge in [-0.3, -0.25) is 0 Å². The highest BCUT2D eigenvalue weighted by atomic mass is 16.4.